The minimum atomic E-state index is 0.302. The minimum absolute atomic E-state index is 0.302. The first-order chi connectivity index (χ1) is 11.0. The second kappa shape index (κ2) is 7.54. The molecule has 0 bridgehead atoms. The van der Waals surface area contributed by atoms with Crippen LogP contribution in [0.4, 0.5) is 0 Å². The van der Waals surface area contributed by atoms with Gasteiger partial charge in [-0.1, -0.05) is 39.8 Å². The Kier molecular flexibility index (Phi) is 5.70. The van der Waals surface area contributed by atoms with Gasteiger partial charge >= 0.3 is 0 Å². The fourth-order valence-corrected chi connectivity index (χ4v) is 2.79. The number of phenolic OH excluding ortho intramolecular Hbond substituents is 1. The van der Waals surface area contributed by atoms with E-state index in [0.29, 0.717) is 17.6 Å². The maximum Gasteiger partial charge on any atom is 0.126 e. The van der Waals surface area contributed by atoms with Crippen molar-refractivity contribution in [2.45, 2.75) is 52.4 Å². The van der Waals surface area contributed by atoms with Crippen molar-refractivity contribution in [2.24, 2.45) is 0 Å². The summed E-state index contributed by atoms with van der Waals surface area (Å²) in [6.07, 6.45) is 2.17. The van der Waals surface area contributed by atoms with Gasteiger partial charge in [0.25, 0.3) is 0 Å². The van der Waals surface area contributed by atoms with Crippen LogP contribution in [0, 0.1) is 0 Å². The molecule has 0 aliphatic heterocycles. The molecule has 0 aliphatic rings. The van der Waals surface area contributed by atoms with E-state index in [9.17, 15) is 5.11 Å². The van der Waals surface area contributed by atoms with Crippen LogP contribution in [0.25, 0.3) is 11.1 Å². The third-order valence-electron chi connectivity index (χ3n) is 4.90. The summed E-state index contributed by atoms with van der Waals surface area (Å²) in [7, 11) is 1.68. The van der Waals surface area contributed by atoms with Crippen molar-refractivity contribution in [3.05, 3.63) is 47.5 Å². The van der Waals surface area contributed by atoms with E-state index in [-0.39, 0.29) is 0 Å². The smallest absolute Gasteiger partial charge is 0.126 e. The number of hydrogen-bond donors (Lipinski definition) is 1. The second-order valence-electron chi connectivity index (χ2n) is 6.35. The fourth-order valence-electron chi connectivity index (χ4n) is 2.79. The highest BCUT2D eigenvalue weighted by Crippen LogP contribution is 2.39. The molecule has 0 aromatic heterocycles. The lowest BCUT2D eigenvalue weighted by Gasteiger charge is -2.17. The Morgan fingerprint density at radius 3 is 1.91 bits per heavy atom. The van der Waals surface area contributed by atoms with E-state index in [2.05, 4.69) is 45.9 Å². The van der Waals surface area contributed by atoms with Crippen molar-refractivity contribution >= 4 is 0 Å². The number of hydrogen-bond acceptors (Lipinski definition) is 2. The van der Waals surface area contributed by atoms with Gasteiger partial charge in [0.15, 0.2) is 0 Å². The molecule has 23 heavy (non-hydrogen) atoms. The van der Waals surface area contributed by atoms with E-state index in [4.69, 9.17) is 4.74 Å². The van der Waals surface area contributed by atoms with Gasteiger partial charge in [0, 0.05) is 11.1 Å². The minimum Gasteiger partial charge on any atom is -0.507 e. The maximum absolute atomic E-state index is 10.4. The van der Waals surface area contributed by atoms with Gasteiger partial charge in [-0.3, -0.25) is 0 Å². The molecule has 0 heterocycles. The number of methoxy groups -OCH3 is 1. The third-order valence-corrected chi connectivity index (χ3v) is 4.90. The molecule has 0 saturated heterocycles. The van der Waals surface area contributed by atoms with Gasteiger partial charge in [-0.05, 0) is 60.1 Å². The lowest BCUT2D eigenvalue weighted by molar-refractivity contribution is 0.415. The normalized spacial score (nSPS) is 13.6. The summed E-state index contributed by atoms with van der Waals surface area (Å²) in [4.78, 5) is 0. The number of benzene rings is 2. The van der Waals surface area contributed by atoms with Crippen molar-refractivity contribution < 1.29 is 9.84 Å². The highest BCUT2D eigenvalue weighted by Gasteiger charge is 2.15. The molecule has 2 atom stereocenters. The quantitative estimate of drug-likeness (QED) is 0.699. The number of rotatable bonds is 6. The molecule has 2 aromatic carbocycles. The average molecular weight is 312 g/mol. The van der Waals surface area contributed by atoms with Gasteiger partial charge in [-0.25, -0.2) is 0 Å². The molecule has 2 unspecified atom stereocenters. The van der Waals surface area contributed by atoms with Crippen LogP contribution in [0.3, 0.4) is 0 Å². The molecule has 2 aromatic rings. The Balaban J connectivity index is 2.59. The largest absolute Gasteiger partial charge is 0.507 e. The van der Waals surface area contributed by atoms with Crippen molar-refractivity contribution in [1.82, 2.24) is 0 Å². The summed E-state index contributed by atoms with van der Waals surface area (Å²) in [5.74, 6) is 2.06. The zero-order valence-electron chi connectivity index (χ0n) is 14.9. The van der Waals surface area contributed by atoms with Crippen molar-refractivity contribution in [3.63, 3.8) is 0 Å². The monoisotopic (exact) mass is 312 g/mol. The van der Waals surface area contributed by atoms with Crippen LogP contribution in [-0.4, -0.2) is 12.2 Å². The highest BCUT2D eigenvalue weighted by atomic mass is 16.5. The summed E-state index contributed by atoms with van der Waals surface area (Å²) < 4.78 is 5.54. The van der Waals surface area contributed by atoms with E-state index in [0.717, 1.165) is 29.7 Å². The lowest BCUT2D eigenvalue weighted by Crippen LogP contribution is -1.96. The molecule has 0 amide bonds. The van der Waals surface area contributed by atoms with Crippen molar-refractivity contribution in [1.29, 1.82) is 0 Å². The zero-order chi connectivity index (χ0) is 17.0. The molecule has 0 fully saturated rings. The molecule has 0 spiro atoms. The van der Waals surface area contributed by atoms with Crippen LogP contribution in [0.5, 0.6) is 11.5 Å². The SMILES string of the molecule is CCC(C)c1ccc(O)c(-c2cc(C(C)CC)ccc2OC)c1. The average Bonchev–Trinajstić information content (AvgIpc) is 2.60. The Bertz CT molecular complexity index is 661. The molecule has 2 nitrogen and oxygen atoms in total. The molecule has 0 aliphatic carbocycles. The Morgan fingerprint density at radius 1 is 0.870 bits per heavy atom. The maximum atomic E-state index is 10.4. The van der Waals surface area contributed by atoms with Crippen LogP contribution < -0.4 is 4.74 Å². The molecular formula is C21H28O2. The van der Waals surface area contributed by atoms with Gasteiger partial charge in [0.1, 0.15) is 11.5 Å². The van der Waals surface area contributed by atoms with Gasteiger partial charge in [0.2, 0.25) is 0 Å². The summed E-state index contributed by atoms with van der Waals surface area (Å²) in [6, 6.07) is 12.2. The Morgan fingerprint density at radius 2 is 1.39 bits per heavy atom. The van der Waals surface area contributed by atoms with Gasteiger partial charge in [-0.15, -0.1) is 0 Å². The molecule has 0 saturated carbocycles. The van der Waals surface area contributed by atoms with Crippen molar-refractivity contribution in [3.8, 4) is 22.6 Å². The third kappa shape index (κ3) is 3.69. The summed E-state index contributed by atoms with van der Waals surface area (Å²) in [5, 5.41) is 10.4. The summed E-state index contributed by atoms with van der Waals surface area (Å²) >= 11 is 0. The second-order valence-corrected chi connectivity index (χ2v) is 6.35. The molecule has 1 N–H and O–H groups in total. The van der Waals surface area contributed by atoms with Crippen molar-refractivity contribution in [2.75, 3.05) is 7.11 Å². The molecule has 2 heteroatoms. The number of ether oxygens (including phenoxy) is 1. The summed E-state index contributed by atoms with van der Waals surface area (Å²) in [6.45, 7) is 8.81. The van der Waals surface area contributed by atoms with Gasteiger partial charge in [-0.2, -0.15) is 0 Å². The predicted octanol–water partition coefficient (Wildman–Crippen LogP) is 6.09. The number of phenols is 1. The van der Waals surface area contributed by atoms with Gasteiger partial charge < -0.3 is 9.84 Å². The molecule has 0 radical (unpaired) electrons. The Labute approximate surface area is 140 Å². The summed E-state index contributed by atoms with van der Waals surface area (Å²) in [5.41, 5.74) is 4.34. The van der Waals surface area contributed by atoms with E-state index in [1.54, 1.807) is 13.2 Å². The first kappa shape index (κ1) is 17.4. The standard InChI is InChI=1S/C21H28O2/c1-6-14(3)16-8-10-20(22)18(12-16)19-13-17(15(4)7-2)9-11-21(19)23-5/h8-15,22H,6-7H2,1-5H3. The fraction of sp³-hybridized carbons (Fsp3) is 0.429. The van der Waals surface area contributed by atoms with Crippen LogP contribution in [0.2, 0.25) is 0 Å². The van der Waals surface area contributed by atoms with Crippen LogP contribution in [0.1, 0.15) is 63.5 Å². The lowest BCUT2D eigenvalue weighted by atomic mass is 9.91. The van der Waals surface area contributed by atoms with E-state index in [1.165, 1.54) is 11.1 Å². The van der Waals surface area contributed by atoms with E-state index >= 15 is 0 Å². The molecular weight excluding hydrogens is 284 g/mol. The highest BCUT2D eigenvalue weighted by molar-refractivity contribution is 5.77. The van der Waals surface area contributed by atoms with E-state index < -0.39 is 0 Å². The first-order valence-corrected chi connectivity index (χ1v) is 8.52. The molecule has 2 rings (SSSR count). The van der Waals surface area contributed by atoms with Gasteiger partial charge in [0.05, 0.1) is 7.11 Å². The predicted molar refractivity (Wildman–Crippen MR) is 97.5 cm³/mol. The molecule has 124 valence electrons. The zero-order valence-corrected chi connectivity index (χ0v) is 14.9. The van der Waals surface area contributed by atoms with Crippen LogP contribution in [-0.2, 0) is 0 Å². The topological polar surface area (TPSA) is 29.5 Å². The first-order valence-electron chi connectivity index (χ1n) is 8.52. The van der Waals surface area contributed by atoms with E-state index in [1.807, 2.05) is 12.1 Å². The number of aromatic hydroxyl groups is 1. The van der Waals surface area contributed by atoms with Crippen LogP contribution >= 0.6 is 0 Å². The Hall–Kier alpha value is -1.96. The van der Waals surface area contributed by atoms with Crippen LogP contribution in [0.15, 0.2) is 36.4 Å².